The number of carbonyl (C=O) groups is 2. The van der Waals surface area contributed by atoms with Crippen molar-refractivity contribution in [3.8, 4) is 0 Å². The maximum atomic E-state index is 12.6. The van der Waals surface area contributed by atoms with E-state index in [1.807, 2.05) is 61.7 Å². The van der Waals surface area contributed by atoms with E-state index in [1.165, 1.54) is 4.88 Å². The van der Waals surface area contributed by atoms with E-state index in [0.717, 1.165) is 23.5 Å². The molecule has 3 aromatic rings. The minimum Gasteiger partial charge on any atom is -0.449 e. The summed E-state index contributed by atoms with van der Waals surface area (Å²) in [4.78, 5) is 26.1. The summed E-state index contributed by atoms with van der Waals surface area (Å²) in [5, 5.41) is 4.83. The summed E-state index contributed by atoms with van der Waals surface area (Å²) in [5.74, 6) is -0.794. The largest absolute Gasteiger partial charge is 0.449 e. The molecule has 2 heterocycles. The molecule has 1 N–H and O–H groups in total. The second-order valence-corrected chi connectivity index (χ2v) is 7.73. The van der Waals surface area contributed by atoms with Gasteiger partial charge in [-0.1, -0.05) is 36.4 Å². The van der Waals surface area contributed by atoms with Crippen LogP contribution >= 0.6 is 11.3 Å². The number of rotatable bonds is 7. The highest BCUT2D eigenvalue weighted by molar-refractivity contribution is 7.09. The number of ether oxygens (including phenoxy) is 1. The topological polar surface area (TPSA) is 60.3 Å². The SMILES string of the molecule is Cc1cc(C(=O)O[C@@H](C)C(=O)NCc2ccccc2)c(C)n1Cc1cccs1. The highest BCUT2D eigenvalue weighted by atomic mass is 32.1. The smallest absolute Gasteiger partial charge is 0.340 e. The number of benzene rings is 1. The third-order valence-corrected chi connectivity index (χ3v) is 5.51. The summed E-state index contributed by atoms with van der Waals surface area (Å²) in [6, 6.07) is 15.5. The van der Waals surface area contributed by atoms with E-state index < -0.39 is 12.1 Å². The minimum atomic E-state index is -0.864. The van der Waals surface area contributed by atoms with Gasteiger partial charge >= 0.3 is 5.97 Å². The molecule has 28 heavy (non-hydrogen) atoms. The van der Waals surface area contributed by atoms with Gasteiger partial charge in [0.1, 0.15) is 0 Å². The third kappa shape index (κ3) is 4.70. The number of nitrogens with zero attached hydrogens (tertiary/aromatic N) is 1. The highest BCUT2D eigenvalue weighted by Gasteiger charge is 2.22. The first kappa shape index (κ1) is 19.9. The lowest BCUT2D eigenvalue weighted by Gasteiger charge is -2.14. The van der Waals surface area contributed by atoms with Gasteiger partial charge in [-0.2, -0.15) is 0 Å². The van der Waals surface area contributed by atoms with Crippen LogP contribution in [-0.2, 0) is 22.6 Å². The predicted molar refractivity (Wildman–Crippen MR) is 110 cm³/mol. The molecule has 1 amide bonds. The molecule has 0 unspecified atom stereocenters. The van der Waals surface area contributed by atoms with Gasteiger partial charge < -0.3 is 14.6 Å². The zero-order valence-electron chi connectivity index (χ0n) is 16.3. The van der Waals surface area contributed by atoms with E-state index in [2.05, 4.69) is 16.0 Å². The normalized spacial score (nSPS) is 11.8. The number of hydrogen-bond acceptors (Lipinski definition) is 4. The number of thiophene rings is 1. The van der Waals surface area contributed by atoms with Crippen LogP contribution in [0.2, 0.25) is 0 Å². The summed E-state index contributed by atoms with van der Waals surface area (Å²) < 4.78 is 7.50. The zero-order chi connectivity index (χ0) is 20.1. The van der Waals surface area contributed by atoms with E-state index in [1.54, 1.807) is 18.3 Å². The Kier molecular flexibility index (Phi) is 6.31. The van der Waals surface area contributed by atoms with Crippen LogP contribution in [0.1, 0.15) is 39.1 Å². The Hall–Kier alpha value is -2.86. The van der Waals surface area contributed by atoms with Gasteiger partial charge in [0.2, 0.25) is 0 Å². The van der Waals surface area contributed by atoms with Gasteiger partial charge in [-0.25, -0.2) is 4.79 Å². The van der Waals surface area contributed by atoms with Crippen LogP contribution in [0.25, 0.3) is 0 Å². The Labute approximate surface area is 169 Å². The zero-order valence-corrected chi connectivity index (χ0v) is 17.1. The number of amides is 1. The molecule has 5 nitrogen and oxygen atoms in total. The van der Waals surface area contributed by atoms with Crippen LogP contribution in [0.4, 0.5) is 0 Å². The molecule has 2 aromatic heterocycles. The molecule has 0 radical (unpaired) electrons. The van der Waals surface area contributed by atoms with Crippen molar-refractivity contribution in [2.75, 3.05) is 0 Å². The monoisotopic (exact) mass is 396 g/mol. The standard InChI is InChI=1S/C22H24N2O3S/c1-15-12-20(16(2)24(15)14-19-10-7-11-28-19)22(26)27-17(3)21(25)23-13-18-8-5-4-6-9-18/h4-12,17H,13-14H2,1-3H3,(H,23,25)/t17-/m0/s1. The van der Waals surface area contributed by atoms with Crippen LogP contribution in [0.15, 0.2) is 53.9 Å². The molecule has 0 spiro atoms. The molecule has 0 aliphatic heterocycles. The molecule has 0 saturated heterocycles. The molecule has 0 aliphatic rings. The number of aryl methyl sites for hydroxylation is 1. The van der Waals surface area contributed by atoms with Crippen LogP contribution < -0.4 is 5.32 Å². The third-order valence-electron chi connectivity index (χ3n) is 4.65. The van der Waals surface area contributed by atoms with Gasteiger partial charge in [0.05, 0.1) is 12.1 Å². The Bertz CT molecular complexity index is 946. The summed E-state index contributed by atoms with van der Waals surface area (Å²) in [7, 11) is 0. The van der Waals surface area contributed by atoms with Crippen LogP contribution in [-0.4, -0.2) is 22.5 Å². The quantitative estimate of drug-likeness (QED) is 0.612. The average Bonchev–Trinajstić information content (AvgIpc) is 3.30. The van der Waals surface area contributed by atoms with E-state index >= 15 is 0 Å². The number of aromatic nitrogens is 1. The second kappa shape index (κ2) is 8.89. The van der Waals surface area contributed by atoms with Crippen molar-refractivity contribution in [2.24, 2.45) is 0 Å². The second-order valence-electron chi connectivity index (χ2n) is 6.70. The molecule has 0 aliphatic carbocycles. The molecule has 0 bridgehead atoms. The number of esters is 1. The lowest BCUT2D eigenvalue weighted by molar-refractivity contribution is -0.129. The van der Waals surface area contributed by atoms with Crippen molar-refractivity contribution in [3.05, 3.63) is 81.3 Å². The Morgan fingerprint density at radius 3 is 2.57 bits per heavy atom. The van der Waals surface area contributed by atoms with Crippen molar-refractivity contribution in [3.63, 3.8) is 0 Å². The number of carbonyl (C=O) groups excluding carboxylic acids is 2. The van der Waals surface area contributed by atoms with Gasteiger partial charge in [0.25, 0.3) is 5.91 Å². The maximum absolute atomic E-state index is 12.6. The van der Waals surface area contributed by atoms with E-state index in [0.29, 0.717) is 12.1 Å². The van der Waals surface area contributed by atoms with Crippen molar-refractivity contribution >= 4 is 23.2 Å². The fraction of sp³-hybridized carbons (Fsp3) is 0.273. The summed E-state index contributed by atoms with van der Waals surface area (Å²) in [6.07, 6.45) is -0.864. The van der Waals surface area contributed by atoms with Crippen LogP contribution in [0.3, 0.4) is 0 Å². The number of hydrogen-bond donors (Lipinski definition) is 1. The van der Waals surface area contributed by atoms with Gasteiger partial charge in [-0.15, -0.1) is 11.3 Å². The molecule has 1 atom stereocenters. The van der Waals surface area contributed by atoms with Crippen molar-refractivity contribution in [1.82, 2.24) is 9.88 Å². The first-order valence-electron chi connectivity index (χ1n) is 9.17. The van der Waals surface area contributed by atoms with Gasteiger partial charge in [-0.05, 0) is 43.8 Å². The summed E-state index contributed by atoms with van der Waals surface area (Å²) >= 11 is 1.68. The lowest BCUT2D eigenvalue weighted by Crippen LogP contribution is -2.35. The molecule has 6 heteroatoms. The first-order chi connectivity index (χ1) is 13.5. The van der Waals surface area contributed by atoms with Gasteiger partial charge in [-0.3, -0.25) is 4.79 Å². The van der Waals surface area contributed by atoms with E-state index in [9.17, 15) is 9.59 Å². The maximum Gasteiger partial charge on any atom is 0.340 e. The summed E-state index contributed by atoms with van der Waals surface area (Å²) in [5.41, 5.74) is 3.31. The van der Waals surface area contributed by atoms with Crippen molar-refractivity contribution in [1.29, 1.82) is 0 Å². The molecular weight excluding hydrogens is 372 g/mol. The van der Waals surface area contributed by atoms with E-state index in [4.69, 9.17) is 4.74 Å². The predicted octanol–water partition coefficient (Wildman–Crippen LogP) is 4.08. The van der Waals surface area contributed by atoms with Crippen LogP contribution in [0, 0.1) is 13.8 Å². The van der Waals surface area contributed by atoms with Crippen molar-refractivity contribution < 1.29 is 14.3 Å². The molecule has 146 valence electrons. The van der Waals surface area contributed by atoms with Crippen LogP contribution in [0.5, 0.6) is 0 Å². The minimum absolute atomic E-state index is 0.315. The molecule has 0 fully saturated rings. The van der Waals surface area contributed by atoms with Gasteiger partial charge in [0.15, 0.2) is 6.10 Å². The lowest BCUT2D eigenvalue weighted by atomic mass is 10.2. The fourth-order valence-electron chi connectivity index (χ4n) is 3.02. The Morgan fingerprint density at radius 1 is 1.14 bits per heavy atom. The van der Waals surface area contributed by atoms with Crippen molar-refractivity contribution in [2.45, 2.75) is 40.0 Å². The molecule has 0 saturated carbocycles. The first-order valence-corrected chi connectivity index (χ1v) is 10.1. The number of nitrogens with one attached hydrogen (secondary N) is 1. The van der Waals surface area contributed by atoms with E-state index in [-0.39, 0.29) is 5.91 Å². The average molecular weight is 397 g/mol. The molecular formula is C22H24N2O3S. The molecule has 1 aromatic carbocycles. The Balaban J connectivity index is 1.61. The fourth-order valence-corrected chi connectivity index (χ4v) is 3.71. The Morgan fingerprint density at radius 2 is 1.89 bits per heavy atom. The summed E-state index contributed by atoms with van der Waals surface area (Å²) in [6.45, 7) is 6.57. The van der Waals surface area contributed by atoms with Gasteiger partial charge in [0, 0.05) is 22.8 Å². The highest BCUT2D eigenvalue weighted by Crippen LogP contribution is 2.20. The molecule has 3 rings (SSSR count).